The molecule has 2 N–H and O–H groups in total. The number of carbonyl (C=O) groups is 1. The highest BCUT2D eigenvalue weighted by Gasteiger charge is 2.38. The topological polar surface area (TPSA) is 110 Å². The second-order valence-electron chi connectivity index (χ2n) is 11.7. The molecule has 3 heterocycles. The standard InChI is InChI=1S/C33H40ClFN4O5S.C2H6/c1-22-18-36-19-26(39(22)45(41,42)28-10-8-27(43-2)9-11-28)7-12-29-31(35)20-37-21-32(29)38-33(40)17-30(24-13-15-44-16-14-24)23-3-5-25(34)6-4-23;1-2/h3-6,8-11,20-22,24,26,30,36H,7,12-19H2,1-2H3,(H,38,40);1-2H3/t22-,26-,30?;/m0./s1. The van der Waals surface area contributed by atoms with E-state index in [0.717, 1.165) is 24.6 Å². The fourth-order valence-electron chi connectivity index (χ4n) is 6.45. The maximum Gasteiger partial charge on any atom is 0.243 e. The van der Waals surface area contributed by atoms with E-state index in [1.54, 1.807) is 12.1 Å². The Morgan fingerprint density at radius 3 is 2.45 bits per heavy atom. The number of pyridine rings is 1. The Morgan fingerprint density at radius 2 is 1.79 bits per heavy atom. The molecular formula is C35H46ClFN4O5S. The molecule has 5 rings (SSSR count). The maximum absolute atomic E-state index is 15.3. The lowest BCUT2D eigenvalue weighted by molar-refractivity contribution is -0.117. The number of anilines is 1. The number of methoxy groups -OCH3 is 1. The van der Waals surface area contributed by atoms with E-state index in [0.29, 0.717) is 54.7 Å². The third kappa shape index (κ3) is 9.29. The summed E-state index contributed by atoms with van der Waals surface area (Å²) in [5.41, 5.74) is 1.62. The smallest absolute Gasteiger partial charge is 0.243 e. The fourth-order valence-corrected chi connectivity index (χ4v) is 8.42. The third-order valence-electron chi connectivity index (χ3n) is 8.79. The summed E-state index contributed by atoms with van der Waals surface area (Å²) in [6.45, 7) is 8.07. The molecule has 47 heavy (non-hydrogen) atoms. The van der Waals surface area contributed by atoms with E-state index in [-0.39, 0.29) is 41.5 Å². The van der Waals surface area contributed by atoms with Gasteiger partial charge in [0, 0.05) is 55.4 Å². The largest absolute Gasteiger partial charge is 0.497 e. The van der Waals surface area contributed by atoms with Crippen molar-refractivity contribution in [2.75, 3.05) is 38.7 Å². The maximum atomic E-state index is 15.3. The number of sulfonamides is 1. The van der Waals surface area contributed by atoms with Gasteiger partial charge < -0.3 is 20.1 Å². The van der Waals surface area contributed by atoms with E-state index in [4.69, 9.17) is 21.1 Å². The van der Waals surface area contributed by atoms with Crippen molar-refractivity contribution in [3.63, 3.8) is 0 Å². The van der Waals surface area contributed by atoms with Crippen molar-refractivity contribution in [1.82, 2.24) is 14.6 Å². The van der Waals surface area contributed by atoms with E-state index < -0.39 is 21.9 Å². The Labute approximate surface area is 283 Å². The first-order valence-electron chi connectivity index (χ1n) is 16.3. The molecule has 1 aromatic heterocycles. The van der Waals surface area contributed by atoms with Gasteiger partial charge in [0.05, 0.1) is 30.1 Å². The van der Waals surface area contributed by atoms with Crippen LogP contribution >= 0.6 is 11.6 Å². The van der Waals surface area contributed by atoms with Crippen LogP contribution in [0.3, 0.4) is 0 Å². The number of nitrogens with one attached hydrogen (secondary N) is 2. The Balaban J connectivity index is 0.00000245. The highest BCUT2D eigenvalue weighted by Crippen LogP contribution is 2.36. The fraction of sp³-hybridized carbons (Fsp3) is 0.486. The van der Waals surface area contributed by atoms with E-state index in [1.165, 1.54) is 29.7 Å². The number of halogens is 2. The number of ether oxygens (including phenoxy) is 2. The first-order valence-corrected chi connectivity index (χ1v) is 18.1. The van der Waals surface area contributed by atoms with Crippen LogP contribution in [-0.2, 0) is 26.0 Å². The van der Waals surface area contributed by atoms with Crippen LogP contribution < -0.4 is 15.4 Å². The van der Waals surface area contributed by atoms with Gasteiger partial charge in [-0.05, 0) is 86.4 Å². The van der Waals surface area contributed by atoms with Crippen molar-refractivity contribution >= 4 is 33.2 Å². The molecule has 256 valence electrons. The number of rotatable bonds is 11. The third-order valence-corrected chi connectivity index (χ3v) is 11.1. The lowest BCUT2D eigenvalue weighted by atomic mass is 9.79. The minimum absolute atomic E-state index is 0.0531. The van der Waals surface area contributed by atoms with Gasteiger partial charge in [0.15, 0.2) is 0 Å². The van der Waals surface area contributed by atoms with Crippen molar-refractivity contribution in [2.45, 2.75) is 75.8 Å². The van der Waals surface area contributed by atoms with Crippen molar-refractivity contribution in [2.24, 2.45) is 5.92 Å². The number of aromatic nitrogens is 1. The van der Waals surface area contributed by atoms with Gasteiger partial charge >= 0.3 is 0 Å². The van der Waals surface area contributed by atoms with Crippen LogP contribution in [0.4, 0.5) is 10.1 Å². The molecule has 2 aromatic carbocycles. The normalized spacial score (nSPS) is 19.7. The Kier molecular flexibility index (Phi) is 13.6. The van der Waals surface area contributed by atoms with Crippen molar-refractivity contribution in [3.05, 3.63) is 82.9 Å². The van der Waals surface area contributed by atoms with E-state index in [9.17, 15) is 13.2 Å². The van der Waals surface area contributed by atoms with Gasteiger partial charge in [-0.2, -0.15) is 4.31 Å². The number of hydrogen-bond donors (Lipinski definition) is 2. The Hall–Kier alpha value is -3.09. The van der Waals surface area contributed by atoms with Crippen molar-refractivity contribution < 1.29 is 27.1 Å². The van der Waals surface area contributed by atoms with E-state index in [1.807, 2.05) is 45.0 Å². The molecule has 2 aliphatic heterocycles. The lowest BCUT2D eigenvalue weighted by Gasteiger charge is -2.40. The summed E-state index contributed by atoms with van der Waals surface area (Å²) in [7, 11) is -2.31. The summed E-state index contributed by atoms with van der Waals surface area (Å²) in [5.74, 6) is -0.0219. The molecule has 0 aliphatic carbocycles. The molecule has 9 nitrogen and oxygen atoms in total. The summed E-state index contributed by atoms with van der Waals surface area (Å²) in [4.78, 5) is 17.7. The second-order valence-corrected chi connectivity index (χ2v) is 14.0. The number of amides is 1. The van der Waals surface area contributed by atoms with Crippen molar-refractivity contribution in [3.8, 4) is 5.75 Å². The molecule has 0 spiro atoms. The Bertz CT molecular complexity index is 1550. The van der Waals surface area contributed by atoms with E-state index in [2.05, 4.69) is 15.6 Å². The van der Waals surface area contributed by atoms with Crippen LogP contribution in [-0.4, -0.2) is 69.1 Å². The van der Waals surface area contributed by atoms with Crippen LogP contribution in [0.1, 0.15) is 63.5 Å². The molecule has 12 heteroatoms. The molecule has 1 unspecified atom stereocenters. The zero-order valence-corrected chi connectivity index (χ0v) is 29.1. The second kappa shape index (κ2) is 17.3. The molecule has 0 radical (unpaired) electrons. The highest BCUT2D eigenvalue weighted by molar-refractivity contribution is 7.89. The van der Waals surface area contributed by atoms with Crippen LogP contribution in [0.5, 0.6) is 5.75 Å². The van der Waals surface area contributed by atoms with Gasteiger partial charge in [-0.1, -0.05) is 37.6 Å². The Morgan fingerprint density at radius 1 is 1.11 bits per heavy atom. The summed E-state index contributed by atoms with van der Waals surface area (Å²) < 4.78 is 55.1. The first-order chi connectivity index (χ1) is 22.7. The van der Waals surface area contributed by atoms with Gasteiger partial charge in [-0.3, -0.25) is 9.78 Å². The molecule has 2 fully saturated rings. The quantitative estimate of drug-likeness (QED) is 0.239. The van der Waals surface area contributed by atoms with Crippen LogP contribution in [0.15, 0.2) is 65.8 Å². The number of hydrogen-bond acceptors (Lipinski definition) is 7. The first kappa shape index (κ1) is 36.7. The average molecular weight is 689 g/mol. The molecule has 0 saturated carbocycles. The minimum atomic E-state index is -3.84. The summed E-state index contributed by atoms with van der Waals surface area (Å²) in [6, 6.07) is 13.1. The van der Waals surface area contributed by atoms with Crippen molar-refractivity contribution in [1.29, 1.82) is 0 Å². The molecule has 1 amide bonds. The zero-order chi connectivity index (χ0) is 34.0. The number of carbonyl (C=O) groups excluding carboxylic acids is 1. The van der Waals surface area contributed by atoms with E-state index >= 15 is 4.39 Å². The van der Waals surface area contributed by atoms with Gasteiger partial charge in [0.2, 0.25) is 15.9 Å². The molecule has 0 bridgehead atoms. The van der Waals surface area contributed by atoms with Crippen LogP contribution in [0.2, 0.25) is 5.02 Å². The molecule has 2 saturated heterocycles. The lowest BCUT2D eigenvalue weighted by Crippen LogP contribution is -2.58. The SMILES string of the molecule is CC.COc1ccc(S(=O)(=O)N2[C@@H](CCc3c(F)cncc3NC(=O)CC(c3ccc(Cl)cc3)C3CCOCC3)CNC[C@@H]2C)cc1. The predicted octanol–water partition coefficient (Wildman–Crippen LogP) is 6.43. The van der Waals surface area contributed by atoms with Crippen LogP contribution in [0, 0.1) is 11.7 Å². The highest BCUT2D eigenvalue weighted by atomic mass is 35.5. The summed E-state index contributed by atoms with van der Waals surface area (Å²) >= 11 is 6.13. The summed E-state index contributed by atoms with van der Waals surface area (Å²) in [6.07, 6.45) is 5.02. The number of benzene rings is 2. The number of nitrogens with zero attached hydrogens (tertiary/aromatic N) is 2. The molecule has 3 atom stereocenters. The average Bonchev–Trinajstić information content (AvgIpc) is 3.08. The van der Waals surface area contributed by atoms with Gasteiger partial charge in [-0.25, -0.2) is 12.8 Å². The van der Waals surface area contributed by atoms with Gasteiger partial charge in [0.1, 0.15) is 11.6 Å². The molecular weight excluding hydrogens is 643 g/mol. The molecule has 3 aromatic rings. The minimum Gasteiger partial charge on any atom is -0.497 e. The monoisotopic (exact) mass is 688 g/mol. The zero-order valence-electron chi connectivity index (χ0n) is 27.5. The molecule has 2 aliphatic rings. The van der Waals surface area contributed by atoms with Gasteiger partial charge in [0.25, 0.3) is 0 Å². The summed E-state index contributed by atoms with van der Waals surface area (Å²) in [5, 5.41) is 6.85. The van der Waals surface area contributed by atoms with Crippen LogP contribution in [0.25, 0.3) is 0 Å². The number of piperazine rings is 1. The van der Waals surface area contributed by atoms with Gasteiger partial charge in [-0.15, -0.1) is 0 Å². The predicted molar refractivity (Wildman–Crippen MR) is 183 cm³/mol.